The summed E-state index contributed by atoms with van der Waals surface area (Å²) < 4.78 is 25.0. The van der Waals surface area contributed by atoms with Gasteiger partial charge in [0.1, 0.15) is 0 Å². The van der Waals surface area contributed by atoms with Gasteiger partial charge in [-0.25, -0.2) is 8.42 Å². The van der Waals surface area contributed by atoms with Crippen LogP contribution < -0.4 is 5.32 Å². The number of amides is 1. The predicted molar refractivity (Wildman–Crippen MR) is 77.3 cm³/mol. The summed E-state index contributed by atoms with van der Waals surface area (Å²) in [5.74, 6) is -0.289. The maximum atomic E-state index is 11.9. The molecule has 0 aliphatic carbocycles. The molecule has 1 aliphatic heterocycles. The second-order valence-corrected chi connectivity index (χ2v) is 7.26. The molecular weight excluding hydrogens is 294 g/mol. The van der Waals surface area contributed by atoms with Crippen LogP contribution in [0.4, 0.5) is 0 Å². The van der Waals surface area contributed by atoms with Crippen LogP contribution in [-0.2, 0) is 10.0 Å². The van der Waals surface area contributed by atoms with Gasteiger partial charge in [-0.3, -0.25) is 4.79 Å². The molecule has 2 rings (SSSR count). The molecule has 1 aromatic heterocycles. The molecule has 1 aliphatic rings. The zero-order valence-electron chi connectivity index (χ0n) is 12.3. The van der Waals surface area contributed by atoms with Gasteiger partial charge in [0.15, 0.2) is 5.69 Å². The Morgan fingerprint density at radius 3 is 2.81 bits per heavy atom. The first-order valence-electron chi connectivity index (χ1n) is 7.02. The molecule has 2 heterocycles. The van der Waals surface area contributed by atoms with Crippen LogP contribution in [0.2, 0.25) is 0 Å². The van der Waals surface area contributed by atoms with Crippen molar-refractivity contribution in [2.45, 2.75) is 38.6 Å². The molecule has 2 N–H and O–H groups in total. The third kappa shape index (κ3) is 4.01. The lowest BCUT2D eigenvalue weighted by Gasteiger charge is -2.33. The molecule has 8 nitrogen and oxygen atoms in total. The van der Waals surface area contributed by atoms with Crippen LogP contribution in [0, 0.1) is 6.92 Å². The number of carbonyl (C=O) groups excluding carboxylic acids is 1. The van der Waals surface area contributed by atoms with Crippen LogP contribution in [0.5, 0.6) is 0 Å². The molecule has 0 radical (unpaired) electrons. The highest BCUT2D eigenvalue weighted by atomic mass is 32.2. The van der Waals surface area contributed by atoms with E-state index in [-0.39, 0.29) is 17.6 Å². The number of aryl methyl sites for hydroxylation is 1. The lowest BCUT2D eigenvalue weighted by Crippen LogP contribution is -2.44. The fourth-order valence-corrected chi connectivity index (χ4v) is 3.85. The first-order valence-corrected chi connectivity index (χ1v) is 8.87. The van der Waals surface area contributed by atoms with Gasteiger partial charge in [0.25, 0.3) is 5.91 Å². The lowest BCUT2D eigenvalue weighted by molar-refractivity contribution is 0.0944. The van der Waals surface area contributed by atoms with Gasteiger partial charge in [0.2, 0.25) is 10.0 Å². The van der Waals surface area contributed by atoms with Crippen molar-refractivity contribution in [1.82, 2.24) is 25.0 Å². The highest BCUT2D eigenvalue weighted by Gasteiger charge is 2.29. The number of carbonyl (C=O) groups is 1. The number of piperidine rings is 1. The van der Waals surface area contributed by atoms with Crippen molar-refractivity contribution in [2.75, 3.05) is 19.3 Å². The molecule has 1 saturated heterocycles. The summed E-state index contributed by atoms with van der Waals surface area (Å²) in [6.45, 7) is 2.69. The Morgan fingerprint density at radius 1 is 1.43 bits per heavy atom. The summed E-state index contributed by atoms with van der Waals surface area (Å²) in [4.78, 5) is 11.9. The number of rotatable bonds is 5. The summed E-state index contributed by atoms with van der Waals surface area (Å²) in [6, 6.07) is -0.0348. The van der Waals surface area contributed by atoms with E-state index in [0.717, 1.165) is 19.3 Å². The topological polar surface area (TPSA) is 108 Å². The molecule has 118 valence electrons. The predicted octanol–water partition coefficient (Wildman–Crippen LogP) is 0.0471. The van der Waals surface area contributed by atoms with E-state index >= 15 is 0 Å². The average molecular weight is 315 g/mol. The van der Waals surface area contributed by atoms with Gasteiger partial charge in [-0.05, 0) is 26.2 Å². The number of aromatic amines is 1. The number of sulfonamides is 1. The molecule has 1 aromatic rings. The summed E-state index contributed by atoms with van der Waals surface area (Å²) in [6.07, 6.45) is 4.60. The van der Waals surface area contributed by atoms with Crippen LogP contribution in [-0.4, -0.2) is 59.4 Å². The van der Waals surface area contributed by atoms with E-state index < -0.39 is 10.0 Å². The summed E-state index contributed by atoms with van der Waals surface area (Å²) in [7, 11) is -3.18. The molecule has 1 fully saturated rings. The van der Waals surface area contributed by atoms with Crippen LogP contribution in [0.25, 0.3) is 0 Å². The molecule has 21 heavy (non-hydrogen) atoms. The van der Waals surface area contributed by atoms with Gasteiger partial charge in [-0.2, -0.15) is 19.7 Å². The molecule has 1 atom stereocenters. The number of nitrogens with zero attached hydrogens (tertiary/aromatic N) is 3. The number of hydrogen-bond acceptors (Lipinski definition) is 5. The van der Waals surface area contributed by atoms with E-state index in [0.29, 0.717) is 25.2 Å². The lowest BCUT2D eigenvalue weighted by atomic mass is 10.0. The van der Waals surface area contributed by atoms with Gasteiger partial charge >= 0.3 is 0 Å². The van der Waals surface area contributed by atoms with E-state index in [4.69, 9.17) is 0 Å². The molecule has 0 spiro atoms. The van der Waals surface area contributed by atoms with Gasteiger partial charge in [0.05, 0.1) is 11.9 Å². The Labute approximate surface area is 124 Å². The number of nitrogens with one attached hydrogen (secondary N) is 2. The fourth-order valence-electron chi connectivity index (χ4n) is 2.63. The van der Waals surface area contributed by atoms with E-state index in [2.05, 4.69) is 20.7 Å². The summed E-state index contributed by atoms with van der Waals surface area (Å²) >= 11 is 0. The van der Waals surface area contributed by atoms with Crippen LogP contribution in [0.3, 0.4) is 0 Å². The Hall–Kier alpha value is -1.48. The average Bonchev–Trinajstić information content (AvgIpc) is 2.84. The van der Waals surface area contributed by atoms with Gasteiger partial charge in [-0.15, -0.1) is 0 Å². The van der Waals surface area contributed by atoms with Crippen molar-refractivity contribution in [3.63, 3.8) is 0 Å². The first kappa shape index (κ1) is 15.9. The minimum absolute atomic E-state index is 0.0348. The molecule has 0 bridgehead atoms. The smallest absolute Gasteiger partial charge is 0.273 e. The van der Waals surface area contributed by atoms with Crippen molar-refractivity contribution < 1.29 is 13.2 Å². The van der Waals surface area contributed by atoms with Crippen molar-refractivity contribution in [3.05, 3.63) is 11.4 Å². The molecular formula is C12H21N5O3S. The highest BCUT2D eigenvalue weighted by Crippen LogP contribution is 2.21. The quantitative estimate of drug-likeness (QED) is 0.798. The molecule has 0 aromatic carbocycles. The van der Waals surface area contributed by atoms with Crippen LogP contribution >= 0.6 is 0 Å². The fraction of sp³-hybridized carbons (Fsp3) is 0.750. The second kappa shape index (κ2) is 6.52. The van der Waals surface area contributed by atoms with Gasteiger partial charge in [0, 0.05) is 19.1 Å². The minimum Gasteiger partial charge on any atom is -0.351 e. The van der Waals surface area contributed by atoms with Crippen molar-refractivity contribution >= 4 is 15.9 Å². The third-order valence-electron chi connectivity index (χ3n) is 3.70. The van der Waals surface area contributed by atoms with Crippen LogP contribution in [0.15, 0.2) is 0 Å². The number of H-pyrrole nitrogens is 1. The summed E-state index contributed by atoms with van der Waals surface area (Å²) in [5, 5.41) is 12.7. The van der Waals surface area contributed by atoms with Crippen molar-refractivity contribution in [3.8, 4) is 0 Å². The Bertz CT molecular complexity index is 598. The SMILES string of the molecule is Cc1n[nH]nc1C(=O)NCC[C@@H]1CCCCN1S(C)(=O)=O. The van der Waals surface area contributed by atoms with Crippen LogP contribution in [0.1, 0.15) is 41.9 Å². The largest absolute Gasteiger partial charge is 0.351 e. The maximum Gasteiger partial charge on any atom is 0.273 e. The molecule has 9 heteroatoms. The number of hydrogen-bond donors (Lipinski definition) is 2. The number of aromatic nitrogens is 3. The zero-order valence-corrected chi connectivity index (χ0v) is 13.1. The Morgan fingerprint density at radius 2 is 2.19 bits per heavy atom. The third-order valence-corrected chi connectivity index (χ3v) is 5.03. The Balaban J connectivity index is 1.87. The zero-order chi connectivity index (χ0) is 15.5. The summed E-state index contributed by atoms with van der Waals surface area (Å²) in [5.41, 5.74) is 0.821. The minimum atomic E-state index is -3.18. The van der Waals surface area contributed by atoms with E-state index in [1.165, 1.54) is 6.26 Å². The standard InChI is InChI=1S/C12H21N5O3S/c1-9-11(15-16-14-9)12(18)13-7-6-10-5-3-4-8-17(10)21(2,19)20/h10H,3-8H2,1-2H3,(H,13,18)(H,14,15,16)/t10-/m0/s1. The van der Waals surface area contributed by atoms with E-state index in [1.807, 2.05) is 0 Å². The second-order valence-electron chi connectivity index (χ2n) is 5.33. The highest BCUT2D eigenvalue weighted by molar-refractivity contribution is 7.88. The van der Waals surface area contributed by atoms with Crippen molar-refractivity contribution in [2.24, 2.45) is 0 Å². The normalized spacial score (nSPS) is 20.4. The molecule has 0 unspecified atom stereocenters. The van der Waals surface area contributed by atoms with Gasteiger partial charge < -0.3 is 5.32 Å². The molecule has 1 amide bonds. The Kier molecular flexibility index (Phi) is 4.94. The van der Waals surface area contributed by atoms with Crippen molar-refractivity contribution in [1.29, 1.82) is 0 Å². The monoisotopic (exact) mass is 315 g/mol. The van der Waals surface area contributed by atoms with E-state index in [9.17, 15) is 13.2 Å². The maximum absolute atomic E-state index is 11.9. The van der Waals surface area contributed by atoms with E-state index in [1.54, 1.807) is 11.2 Å². The van der Waals surface area contributed by atoms with Gasteiger partial charge in [-0.1, -0.05) is 6.42 Å². The first-order chi connectivity index (χ1) is 9.89. The molecule has 0 saturated carbocycles.